The number of carbonyl (C=O) groups is 1. The monoisotopic (exact) mass is 461 g/mol. The second kappa shape index (κ2) is 8.87. The molecule has 0 atom stereocenters. The molecule has 6 nitrogen and oxygen atoms in total. The number of piperidine rings is 1. The van der Waals surface area contributed by atoms with Crippen molar-refractivity contribution in [3.05, 3.63) is 87.0 Å². The summed E-state index contributed by atoms with van der Waals surface area (Å²) < 4.78 is 7.52. The van der Waals surface area contributed by atoms with Crippen LogP contribution in [0.5, 0.6) is 0 Å². The first-order chi connectivity index (χ1) is 16.0. The molecule has 0 unspecified atom stereocenters. The molecule has 168 valence electrons. The molecule has 1 fully saturated rings. The van der Waals surface area contributed by atoms with Crippen LogP contribution in [0.15, 0.2) is 63.8 Å². The fourth-order valence-corrected chi connectivity index (χ4v) is 4.60. The largest absolute Gasteiger partial charge is 0.441 e. The Kier molecular flexibility index (Phi) is 5.77. The van der Waals surface area contributed by atoms with Crippen molar-refractivity contribution >= 4 is 28.4 Å². The van der Waals surface area contributed by atoms with Crippen LogP contribution in [-0.4, -0.2) is 33.4 Å². The molecule has 2 aromatic heterocycles. The molecular weight excluding hydrogens is 438 g/mol. The van der Waals surface area contributed by atoms with E-state index < -0.39 is 0 Å². The Morgan fingerprint density at radius 3 is 2.64 bits per heavy atom. The smallest absolute Gasteiger partial charge is 0.254 e. The molecule has 0 saturated carbocycles. The number of likely N-dealkylation sites (tertiary alicyclic amines) is 1. The molecule has 0 bridgehead atoms. The SMILES string of the molecule is Cc1oc(-c2cccc(Cl)c2)nc1Cn1c(=O)cc(C(=O)N2CCCCC2)c2ccccc21. The molecule has 7 heteroatoms. The van der Waals surface area contributed by atoms with Gasteiger partial charge in [-0.25, -0.2) is 4.98 Å². The van der Waals surface area contributed by atoms with Crippen molar-refractivity contribution < 1.29 is 9.21 Å². The summed E-state index contributed by atoms with van der Waals surface area (Å²) in [7, 11) is 0. The number of fused-ring (bicyclic) bond motifs is 1. The van der Waals surface area contributed by atoms with Gasteiger partial charge in [0.1, 0.15) is 11.5 Å². The molecule has 33 heavy (non-hydrogen) atoms. The minimum Gasteiger partial charge on any atom is -0.441 e. The Balaban J connectivity index is 1.54. The van der Waals surface area contributed by atoms with Gasteiger partial charge in [0.2, 0.25) is 5.89 Å². The first kappa shape index (κ1) is 21.5. The summed E-state index contributed by atoms with van der Waals surface area (Å²) in [6.45, 7) is 3.55. The summed E-state index contributed by atoms with van der Waals surface area (Å²) in [5.41, 5.74) is 2.37. The quantitative estimate of drug-likeness (QED) is 0.414. The van der Waals surface area contributed by atoms with Crippen LogP contribution in [-0.2, 0) is 6.54 Å². The highest BCUT2D eigenvalue weighted by molar-refractivity contribution is 6.30. The highest BCUT2D eigenvalue weighted by atomic mass is 35.5. The fourth-order valence-electron chi connectivity index (χ4n) is 4.41. The number of oxazole rings is 1. The van der Waals surface area contributed by atoms with E-state index in [-0.39, 0.29) is 18.0 Å². The van der Waals surface area contributed by atoms with Crippen molar-refractivity contribution in [3.8, 4) is 11.5 Å². The number of hydrogen-bond donors (Lipinski definition) is 0. The van der Waals surface area contributed by atoms with Crippen molar-refractivity contribution in [2.45, 2.75) is 32.7 Å². The molecule has 5 rings (SSSR count). The van der Waals surface area contributed by atoms with Crippen LogP contribution >= 0.6 is 11.6 Å². The molecule has 0 radical (unpaired) electrons. The zero-order valence-corrected chi connectivity index (χ0v) is 19.1. The minimum absolute atomic E-state index is 0.0731. The maximum absolute atomic E-state index is 13.2. The summed E-state index contributed by atoms with van der Waals surface area (Å²) in [5, 5.41) is 1.37. The van der Waals surface area contributed by atoms with E-state index in [2.05, 4.69) is 4.98 Å². The second-order valence-corrected chi connectivity index (χ2v) is 8.82. The predicted octanol–water partition coefficient (Wildman–Crippen LogP) is 5.29. The van der Waals surface area contributed by atoms with E-state index in [1.807, 2.05) is 48.2 Å². The summed E-state index contributed by atoms with van der Waals surface area (Å²) in [4.78, 5) is 32.9. The first-order valence-corrected chi connectivity index (χ1v) is 11.5. The fraction of sp³-hybridized carbons (Fsp3) is 0.269. The second-order valence-electron chi connectivity index (χ2n) is 8.38. The van der Waals surface area contributed by atoms with Gasteiger partial charge in [-0.15, -0.1) is 0 Å². The Morgan fingerprint density at radius 1 is 1.06 bits per heavy atom. The van der Waals surface area contributed by atoms with E-state index in [4.69, 9.17) is 16.0 Å². The molecular formula is C26H24ClN3O3. The molecule has 4 aromatic rings. The van der Waals surface area contributed by atoms with Crippen LogP contribution in [0.2, 0.25) is 5.02 Å². The van der Waals surface area contributed by atoms with Gasteiger partial charge in [-0.2, -0.15) is 0 Å². The Hall–Kier alpha value is -3.38. The van der Waals surface area contributed by atoms with Crippen LogP contribution in [0.3, 0.4) is 0 Å². The van der Waals surface area contributed by atoms with Gasteiger partial charge in [0, 0.05) is 35.1 Å². The van der Waals surface area contributed by atoms with E-state index in [9.17, 15) is 9.59 Å². The maximum atomic E-state index is 13.2. The average Bonchev–Trinajstić information content (AvgIpc) is 3.21. The van der Waals surface area contributed by atoms with Gasteiger partial charge in [0.15, 0.2) is 0 Å². The van der Waals surface area contributed by atoms with Crippen LogP contribution in [0.4, 0.5) is 0 Å². The van der Waals surface area contributed by atoms with Gasteiger partial charge in [0.05, 0.1) is 17.6 Å². The number of aryl methyl sites for hydroxylation is 1. The molecule has 2 aromatic carbocycles. The van der Waals surface area contributed by atoms with Gasteiger partial charge in [-0.1, -0.05) is 35.9 Å². The van der Waals surface area contributed by atoms with Gasteiger partial charge in [0.25, 0.3) is 11.5 Å². The van der Waals surface area contributed by atoms with Crippen molar-refractivity contribution in [1.82, 2.24) is 14.5 Å². The van der Waals surface area contributed by atoms with Crippen molar-refractivity contribution in [1.29, 1.82) is 0 Å². The number of para-hydroxylation sites is 1. The highest BCUT2D eigenvalue weighted by Crippen LogP contribution is 2.26. The third kappa shape index (κ3) is 4.18. The lowest BCUT2D eigenvalue weighted by Gasteiger charge is -2.27. The standard InChI is InChI=1S/C26H24ClN3O3/c1-17-22(28-25(33-17)18-8-7-9-19(27)14-18)16-30-23-11-4-3-10-20(23)21(15-24(30)31)26(32)29-12-5-2-6-13-29/h3-4,7-11,14-15H,2,5-6,12-13,16H2,1H3. The van der Waals surface area contributed by atoms with Crippen molar-refractivity contribution in [2.75, 3.05) is 13.1 Å². The number of benzene rings is 2. The Labute approximate surface area is 196 Å². The van der Waals surface area contributed by atoms with Crippen molar-refractivity contribution in [3.63, 3.8) is 0 Å². The third-order valence-electron chi connectivity index (χ3n) is 6.16. The van der Waals surface area contributed by atoms with E-state index in [0.717, 1.165) is 43.3 Å². The van der Waals surface area contributed by atoms with Crippen molar-refractivity contribution in [2.24, 2.45) is 0 Å². The highest BCUT2D eigenvalue weighted by Gasteiger charge is 2.22. The van der Waals surface area contributed by atoms with Crippen LogP contribution in [0.1, 0.15) is 41.1 Å². The normalized spacial score (nSPS) is 14.1. The molecule has 0 spiro atoms. The van der Waals surface area contributed by atoms with Crippen LogP contribution in [0.25, 0.3) is 22.4 Å². The molecule has 3 heterocycles. The topological polar surface area (TPSA) is 68.3 Å². The number of rotatable bonds is 4. The lowest BCUT2D eigenvalue weighted by Crippen LogP contribution is -2.36. The van der Waals surface area contributed by atoms with Gasteiger partial charge in [-0.05, 0) is 50.5 Å². The molecule has 1 saturated heterocycles. The third-order valence-corrected chi connectivity index (χ3v) is 6.40. The van der Waals surface area contributed by atoms with E-state index in [1.54, 1.807) is 16.7 Å². The minimum atomic E-state index is -0.235. The molecule has 0 aliphatic carbocycles. The zero-order valence-electron chi connectivity index (χ0n) is 18.4. The van der Waals surface area contributed by atoms with Crippen LogP contribution < -0.4 is 5.56 Å². The molecule has 1 amide bonds. The Bertz CT molecular complexity index is 1400. The summed E-state index contributed by atoms with van der Waals surface area (Å²) in [6.07, 6.45) is 3.14. The number of halogens is 1. The van der Waals surface area contributed by atoms with E-state index >= 15 is 0 Å². The maximum Gasteiger partial charge on any atom is 0.254 e. The number of carbonyl (C=O) groups excluding carboxylic acids is 1. The summed E-state index contributed by atoms with van der Waals surface area (Å²) in [5.74, 6) is 1.02. The lowest BCUT2D eigenvalue weighted by atomic mass is 10.0. The van der Waals surface area contributed by atoms with Gasteiger partial charge < -0.3 is 13.9 Å². The average molecular weight is 462 g/mol. The molecule has 0 N–H and O–H groups in total. The number of hydrogen-bond acceptors (Lipinski definition) is 4. The van der Waals surface area contributed by atoms with Gasteiger partial charge >= 0.3 is 0 Å². The number of nitrogens with zero attached hydrogens (tertiary/aromatic N) is 3. The number of aromatic nitrogens is 2. The number of amides is 1. The molecule has 1 aliphatic heterocycles. The lowest BCUT2D eigenvalue weighted by molar-refractivity contribution is 0.0726. The first-order valence-electron chi connectivity index (χ1n) is 11.2. The number of pyridine rings is 1. The van der Waals surface area contributed by atoms with Crippen LogP contribution in [0, 0.1) is 6.92 Å². The zero-order chi connectivity index (χ0) is 22.9. The van der Waals surface area contributed by atoms with E-state index in [1.165, 1.54) is 6.07 Å². The van der Waals surface area contributed by atoms with Gasteiger partial charge in [-0.3, -0.25) is 9.59 Å². The summed E-state index contributed by atoms with van der Waals surface area (Å²) >= 11 is 6.11. The predicted molar refractivity (Wildman–Crippen MR) is 129 cm³/mol. The van der Waals surface area contributed by atoms with E-state index in [0.29, 0.717) is 33.4 Å². The molecule has 1 aliphatic rings. The Morgan fingerprint density at radius 2 is 1.85 bits per heavy atom. The summed E-state index contributed by atoms with van der Waals surface area (Å²) in [6, 6.07) is 16.3.